The van der Waals surface area contributed by atoms with Gasteiger partial charge in [0.15, 0.2) is 0 Å². The highest BCUT2D eigenvalue weighted by Gasteiger charge is 2.62. The summed E-state index contributed by atoms with van der Waals surface area (Å²) in [7, 11) is 0. The first-order valence-electron chi connectivity index (χ1n) is 9.13. The van der Waals surface area contributed by atoms with Crippen molar-refractivity contribution < 1.29 is 9.90 Å². The second-order valence-corrected chi connectivity index (χ2v) is 9.21. The molecule has 23 heavy (non-hydrogen) atoms. The molecule has 0 radical (unpaired) electrons. The summed E-state index contributed by atoms with van der Waals surface area (Å²) >= 11 is 0. The molecule has 1 aliphatic heterocycles. The third-order valence-electron chi connectivity index (χ3n) is 7.51. The normalized spacial score (nSPS) is 53.8. The first kappa shape index (κ1) is 14.2. The molecule has 1 amide bonds. The van der Waals surface area contributed by atoms with Crippen molar-refractivity contribution in [1.82, 2.24) is 4.90 Å². The van der Waals surface area contributed by atoms with Crippen LogP contribution in [0.1, 0.15) is 51.4 Å². The maximum absolute atomic E-state index is 13.1. The molecular formula is C18H25N3O2. The number of nitriles is 1. The van der Waals surface area contributed by atoms with Crippen molar-refractivity contribution >= 4 is 5.91 Å². The van der Waals surface area contributed by atoms with E-state index in [2.05, 4.69) is 6.07 Å². The molecule has 1 saturated heterocycles. The van der Waals surface area contributed by atoms with Gasteiger partial charge in [0.2, 0.25) is 5.91 Å². The Balaban J connectivity index is 1.43. The Morgan fingerprint density at radius 3 is 2.52 bits per heavy atom. The van der Waals surface area contributed by atoms with Crippen LogP contribution < -0.4 is 5.73 Å². The van der Waals surface area contributed by atoms with Crippen LogP contribution in [0.15, 0.2) is 0 Å². The summed E-state index contributed by atoms with van der Waals surface area (Å²) in [5.74, 6) is 1.56. The van der Waals surface area contributed by atoms with Gasteiger partial charge in [-0.25, -0.2) is 0 Å². The van der Waals surface area contributed by atoms with Gasteiger partial charge in [-0.3, -0.25) is 4.79 Å². The molecule has 6 aliphatic rings. The summed E-state index contributed by atoms with van der Waals surface area (Å²) in [5, 5.41) is 20.2. The van der Waals surface area contributed by atoms with Gasteiger partial charge in [-0.05, 0) is 74.5 Å². The van der Waals surface area contributed by atoms with Gasteiger partial charge in [0.25, 0.3) is 0 Å². The second-order valence-electron chi connectivity index (χ2n) is 9.21. The summed E-state index contributed by atoms with van der Waals surface area (Å²) in [6.07, 6.45) is 7.48. The van der Waals surface area contributed by atoms with E-state index in [0.29, 0.717) is 24.2 Å². The number of hydrogen-bond acceptors (Lipinski definition) is 4. The third kappa shape index (κ3) is 1.88. The maximum Gasteiger partial charge on any atom is 0.241 e. The molecular weight excluding hydrogens is 290 g/mol. The molecule has 4 bridgehead atoms. The van der Waals surface area contributed by atoms with Crippen LogP contribution in [-0.4, -0.2) is 39.6 Å². The number of nitrogens with two attached hydrogens (primary N) is 1. The number of hydrogen-bond donors (Lipinski definition) is 2. The number of likely N-dealkylation sites (tertiary alicyclic amines) is 1. The molecule has 3 N–H and O–H groups in total. The average molecular weight is 315 g/mol. The SMILES string of the molecule is N#C[C@@H]1CC2CC2N1C(=O)[C@@H](N)C12CC3C[C@H](CC(O)(C3)C1)C2. The van der Waals surface area contributed by atoms with E-state index in [1.54, 1.807) is 4.90 Å². The lowest BCUT2D eigenvalue weighted by Crippen LogP contribution is -2.64. The maximum atomic E-state index is 13.1. The van der Waals surface area contributed by atoms with E-state index in [0.717, 1.165) is 38.5 Å². The highest BCUT2D eigenvalue weighted by atomic mass is 16.3. The van der Waals surface area contributed by atoms with Crippen LogP contribution in [-0.2, 0) is 4.79 Å². The third-order valence-corrected chi connectivity index (χ3v) is 7.51. The van der Waals surface area contributed by atoms with Crippen LogP contribution in [0.25, 0.3) is 0 Å². The number of carbonyl (C=O) groups is 1. The van der Waals surface area contributed by atoms with Gasteiger partial charge in [0.1, 0.15) is 6.04 Å². The van der Waals surface area contributed by atoms with Crippen molar-refractivity contribution in [3.05, 3.63) is 0 Å². The quantitative estimate of drug-likeness (QED) is 0.800. The van der Waals surface area contributed by atoms with Gasteiger partial charge >= 0.3 is 0 Å². The van der Waals surface area contributed by atoms with Crippen LogP contribution in [0.3, 0.4) is 0 Å². The first-order valence-corrected chi connectivity index (χ1v) is 9.13. The molecule has 6 rings (SSSR count). The number of nitrogens with zero attached hydrogens (tertiary/aromatic N) is 2. The van der Waals surface area contributed by atoms with E-state index in [1.165, 1.54) is 6.42 Å². The number of amides is 1. The Hall–Kier alpha value is -1.12. The van der Waals surface area contributed by atoms with Crippen molar-refractivity contribution in [1.29, 1.82) is 5.26 Å². The van der Waals surface area contributed by atoms with Crippen LogP contribution in [0.2, 0.25) is 0 Å². The zero-order valence-corrected chi connectivity index (χ0v) is 13.4. The second kappa shape index (κ2) is 4.29. The van der Waals surface area contributed by atoms with E-state index >= 15 is 0 Å². The summed E-state index contributed by atoms with van der Waals surface area (Å²) in [4.78, 5) is 14.9. The Labute approximate surface area is 136 Å². The fourth-order valence-electron chi connectivity index (χ4n) is 6.96. The van der Waals surface area contributed by atoms with Gasteiger partial charge < -0.3 is 15.7 Å². The lowest BCUT2D eigenvalue weighted by Gasteiger charge is -2.61. The standard InChI is InChI=1S/C18H25N3O2/c19-8-13-2-12-3-14(12)21(13)16(22)15(20)17-4-10-1-11(5-17)7-18(23,6-10)9-17/h10-15,23H,1-7,9,20H2/t10-,11?,12?,13-,14?,15+,17?,18?/m0/s1. The highest BCUT2D eigenvalue weighted by Crippen LogP contribution is 2.63. The zero-order valence-electron chi connectivity index (χ0n) is 13.4. The van der Waals surface area contributed by atoms with Gasteiger partial charge in [-0.1, -0.05) is 0 Å². The molecule has 0 aromatic carbocycles. The van der Waals surface area contributed by atoms with Crippen molar-refractivity contribution in [3.63, 3.8) is 0 Å². The molecule has 5 saturated carbocycles. The van der Waals surface area contributed by atoms with E-state index in [4.69, 9.17) is 5.73 Å². The predicted molar refractivity (Wildman–Crippen MR) is 82.8 cm³/mol. The number of carbonyl (C=O) groups excluding carboxylic acids is 1. The Morgan fingerprint density at radius 2 is 1.91 bits per heavy atom. The molecule has 0 aromatic heterocycles. The fourth-order valence-corrected chi connectivity index (χ4v) is 6.96. The van der Waals surface area contributed by atoms with Crippen molar-refractivity contribution in [2.24, 2.45) is 28.9 Å². The van der Waals surface area contributed by atoms with Gasteiger partial charge in [-0.15, -0.1) is 0 Å². The Kier molecular flexibility index (Phi) is 2.65. The number of aliphatic hydroxyl groups is 1. The average Bonchev–Trinajstić information content (AvgIpc) is 3.14. The van der Waals surface area contributed by atoms with E-state index in [1.807, 2.05) is 0 Å². The van der Waals surface area contributed by atoms with Crippen molar-refractivity contribution in [2.75, 3.05) is 0 Å². The molecule has 0 aromatic rings. The Bertz CT molecular complexity index is 598. The highest BCUT2D eigenvalue weighted by molar-refractivity contribution is 5.84. The molecule has 8 atom stereocenters. The summed E-state index contributed by atoms with van der Waals surface area (Å²) < 4.78 is 0. The van der Waals surface area contributed by atoms with Gasteiger partial charge in [0, 0.05) is 6.04 Å². The number of fused-ring (bicyclic) bond motifs is 1. The summed E-state index contributed by atoms with van der Waals surface area (Å²) in [5.41, 5.74) is 5.71. The van der Waals surface area contributed by atoms with Gasteiger partial charge in [-0.2, -0.15) is 5.26 Å². The monoisotopic (exact) mass is 315 g/mol. The minimum absolute atomic E-state index is 0.0212. The zero-order chi connectivity index (χ0) is 16.0. The van der Waals surface area contributed by atoms with Crippen LogP contribution in [0.4, 0.5) is 0 Å². The largest absolute Gasteiger partial charge is 0.390 e. The lowest BCUT2D eigenvalue weighted by atomic mass is 9.46. The predicted octanol–water partition coefficient (Wildman–Crippen LogP) is 1.16. The smallest absolute Gasteiger partial charge is 0.241 e. The molecule has 0 spiro atoms. The minimum atomic E-state index is -0.594. The molecule has 5 heteroatoms. The van der Waals surface area contributed by atoms with E-state index in [-0.39, 0.29) is 23.4 Å². The molecule has 124 valence electrons. The fraction of sp³-hybridized carbons (Fsp3) is 0.889. The van der Waals surface area contributed by atoms with Gasteiger partial charge in [0.05, 0.1) is 17.7 Å². The molecule has 1 heterocycles. The minimum Gasteiger partial charge on any atom is -0.390 e. The van der Waals surface area contributed by atoms with Crippen LogP contribution >= 0.6 is 0 Å². The number of piperidine rings is 1. The van der Waals surface area contributed by atoms with Crippen molar-refractivity contribution in [3.8, 4) is 6.07 Å². The van der Waals surface area contributed by atoms with Crippen LogP contribution in [0.5, 0.6) is 0 Å². The van der Waals surface area contributed by atoms with E-state index < -0.39 is 11.6 Å². The summed E-state index contributed by atoms with van der Waals surface area (Å²) in [6, 6.07) is 1.72. The van der Waals surface area contributed by atoms with Crippen molar-refractivity contribution in [2.45, 2.75) is 75.1 Å². The number of rotatable bonds is 2. The topological polar surface area (TPSA) is 90.4 Å². The molecule has 5 nitrogen and oxygen atoms in total. The molecule has 5 aliphatic carbocycles. The van der Waals surface area contributed by atoms with E-state index in [9.17, 15) is 15.2 Å². The van der Waals surface area contributed by atoms with Crippen LogP contribution in [0, 0.1) is 34.5 Å². The lowest BCUT2D eigenvalue weighted by molar-refractivity contribution is -0.177. The Morgan fingerprint density at radius 1 is 1.22 bits per heavy atom. The molecule has 5 unspecified atom stereocenters. The molecule has 6 fully saturated rings. The first-order chi connectivity index (χ1) is 10.9. The summed E-state index contributed by atoms with van der Waals surface area (Å²) in [6.45, 7) is 0.